The maximum atomic E-state index is 6.78. The second kappa shape index (κ2) is 14.3. The van der Waals surface area contributed by atoms with Crippen LogP contribution in [0.1, 0.15) is 43.0 Å². The molecule has 0 saturated heterocycles. The summed E-state index contributed by atoms with van der Waals surface area (Å²) in [6, 6.07) is 64.4. The van der Waals surface area contributed by atoms with Gasteiger partial charge in [-0.2, -0.15) is 0 Å². The van der Waals surface area contributed by atoms with E-state index in [0.29, 0.717) is 23.0 Å². The normalized spacial score (nSPS) is 13.3. The summed E-state index contributed by atoms with van der Waals surface area (Å²) in [7, 11) is 0. The Kier molecular flexibility index (Phi) is 8.52. The first-order valence-electron chi connectivity index (χ1n) is 22.4. The van der Waals surface area contributed by atoms with Crippen LogP contribution in [0.15, 0.2) is 176 Å². The average molecular weight is 827 g/mol. The van der Waals surface area contributed by atoms with Gasteiger partial charge >= 0.3 is 6.85 Å². The minimum absolute atomic E-state index is 0.00740. The summed E-state index contributed by atoms with van der Waals surface area (Å²) in [4.78, 5) is 5.11. The largest absolute Gasteiger partial charge is 0.450 e. The molecule has 0 fully saturated rings. The van der Waals surface area contributed by atoms with E-state index in [1.807, 2.05) is 24.3 Å². The molecule has 12 rings (SSSR count). The zero-order valence-electron chi connectivity index (χ0n) is 37.0. The van der Waals surface area contributed by atoms with Crippen molar-refractivity contribution in [3.8, 4) is 56.4 Å². The zero-order valence-corrected chi connectivity index (χ0v) is 37.0. The minimum atomic E-state index is -0.225. The number of nitrogens with zero attached hydrogens (tertiary/aromatic N) is 2. The van der Waals surface area contributed by atoms with Crippen molar-refractivity contribution in [1.82, 2.24) is 0 Å². The summed E-state index contributed by atoms with van der Waals surface area (Å²) in [6.07, 6.45) is 0. The summed E-state index contributed by atoms with van der Waals surface area (Å²) in [5.41, 5.74) is 20.3. The average Bonchev–Trinajstić information content (AvgIpc) is 3.30. The SMILES string of the molecule is Cc1cc(-c2ccccc2)ccc1N1c2cc3c(cc2B2c4c(cc(-c5c(C)cccc5C)cc41)-c1ccc4ccccc4c1N2c1ccc(C(C)(C)C)cc1)Oc1ccccc1O3. The van der Waals surface area contributed by atoms with E-state index in [1.165, 1.54) is 77.6 Å². The molecule has 0 aromatic heterocycles. The van der Waals surface area contributed by atoms with Crippen molar-refractivity contribution in [2.75, 3.05) is 9.71 Å². The van der Waals surface area contributed by atoms with Gasteiger partial charge in [0.25, 0.3) is 0 Å². The summed E-state index contributed by atoms with van der Waals surface area (Å²) >= 11 is 0. The molecule has 9 aromatic carbocycles. The van der Waals surface area contributed by atoms with Gasteiger partial charge in [0.15, 0.2) is 23.0 Å². The fourth-order valence-electron chi connectivity index (χ4n) is 10.5. The first-order chi connectivity index (χ1) is 31.1. The van der Waals surface area contributed by atoms with E-state index >= 15 is 0 Å². The first-order valence-corrected chi connectivity index (χ1v) is 22.4. The van der Waals surface area contributed by atoms with Gasteiger partial charge < -0.3 is 19.2 Å². The van der Waals surface area contributed by atoms with E-state index in [0.717, 1.165) is 28.2 Å². The van der Waals surface area contributed by atoms with E-state index in [9.17, 15) is 0 Å². The van der Waals surface area contributed by atoms with Crippen LogP contribution in [0.25, 0.3) is 44.2 Å². The number of fused-ring (bicyclic) bond motifs is 8. The monoisotopic (exact) mass is 826 g/mol. The van der Waals surface area contributed by atoms with Crippen LogP contribution in [0.4, 0.5) is 28.4 Å². The third-order valence-electron chi connectivity index (χ3n) is 13.6. The van der Waals surface area contributed by atoms with E-state index < -0.39 is 0 Å². The molecule has 3 heterocycles. The van der Waals surface area contributed by atoms with Crippen molar-refractivity contribution >= 4 is 57.0 Å². The van der Waals surface area contributed by atoms with Crippen LogP contribution < -0.4 is 30.1 Å². The predicted molar refractivity (Wildman–Crippen MR) is 268 cm³/mol. The van der Waals surface area contributed by atoms with E-state index in [-0.39, 0.29) is 12.3 Å². The van der Waals surface area contributed by atoms with E-state index in [2.05, 4.69) is 203 Å². The van der Waals surface area contributed by atoms with Crippen LogP contribution >= 0.6 is 0 Å². The van der Waals surface area contributed by atoms with Gasteiger partial charge in [-0.25, -0.2) is 0 Å². The lowest BCUT2D eigenvalue weighted by Crippen LogP contribution is -2.61. The fourth-order valence-corrected chi connectivity index (χ4v) is 10.5. The fraction of sp³-hybridized carbons (Fsp3) is 0.119. The number of benzene rings is 9. The summed E-state index contributed by atoms with van der Waals surface area (Å²) in [5.74, 6) is 2.82. The van der Waals surface area contributed by atoms with Crippen molar-refractivity contribution in [1.29, 1.82) is 0 Å². The van der Waals surface area contributed by atoms with Crippen LogP contribution in [-0.4, -0.2) is 6.85 Å². The number of hydrogen-bond acceptors (Lipinski definition) is 4. The Morgan fingerprint density at radius 2 is 1.16 bits per heavy atom. The molecule has 0 N–H and O–H groups in total. The Hall–Kier alpha value is -7.50. The molecular formula is C59H47BN2O2. The number of hydrogen-bond donors (Lipinski definition) is 0. The number of ether oxygens (including phenoxy) is 2. The summed E-state index contributed by atoms with van der Waals surface area (Å²) in [5, 5.41) is 2.42. The Balaban J connectivity index is 1.21. The van der Waals surface area contributed by atoms with Crippen LogP contribution in [-0.2, 0) is 5.41 Å². The zero-order chi connectivity index (χ0) is 43.4. The number of anilines is 5. The molecule has 0 atom stereocenters. The summed E-state index contributed by atoms with van der Waals surface area (Å²) in [6.45, 7) is 13.3. The lowest BCUT2D eigenvalue weighted by atomic mass is 9.43. The third kappa shape index (κ3) is 5.91. The highest BCUT2D eigenvalue weighted by Crippen LogP contribution is 2.54. The predicted octanol–water partition coefficient (Wildman–Crippen LogP) is 15.0. The van der Waals surface area contributed by atoms with Gasteiger partial charge in [0.2, 0.25) is 0 Å². The van der Waals surface area contributed by atoms with Crippen LogP contribution in [0.3, 0.4) is 0 Å². The molecule has 0 saturated carbocycles. The molecular weight excluding hydrogens is 779 g/mol. The van der Waals surface area contributed by atoms with Crippen molar-refractivity contribution in [2.45, 2.75) is 47.0 Å². The topological polar surface area (TPSA) is 24.9 Å². The van der Waals surface area contributed by atoms with Gasteiger partial charge in [-0.15, -0.1) is 0 Å². The van der Waals surface area contributed by atoms with Crippen molar-refractivity contribution in [2.24, 2.45) is 0 Å². The third-order valence-corrected chi connectivity index (χ3v) is 13.6. The number of rotatable bonds is 4. The second-order valence-electron chi connectivity index (χ2n) is 18.7. The highest BCUT2D eigenvalue weighted by molar-refractivity contribution is 6.94. The van der Waals surface area contributed by atoms with Crippen LogP contribution in [0.2, 0.25) is 0 Å². The molecule has 0 unspecified atom stereocenters. The van der Waals surface area contributed by atoms with Crippen molar-refractivity contribution < 1.29 is 9.47 Å². The molecule has 0 aliphatic carbocycles. The molecule has 0 radical (unpaired) electrons. The Morgan fingerprint density at radius 1 is 0.469 bits per heavy atom. The lowest BCUT2D eigenvalue weighted by molar-refractivity contribution is 0.360. The maximum Gasteiger partial charge on any atom is 0.333 e. The van der Waals surface area contributed by atoms with Crippen LogP contribution in [0.5, 0.6) is 23.0 Å². The molecule has 0 bridgehead atoms. The Bertz CT molecular complexity index is 3350. The quantitative estimate of drug-likeness (QED) is 0.165. The smallest absolute Gasteiger partial charge is 0.333 e. The Morgan fingerprint density at radius 3 is 1.88 bits per heavy atom. The molecule has 4 nitrogen and oxygen atoms in total. The van der Waals surface area contributed by atoms with Gasteiger partial charge in [-0.3, -0.25) is 0 Å². The van der Waals surface area contributed by atoms with E-state index in [1.54, 1.807) is 0 Å². The highest BCUT2D eigenvalue weighted by atomic mass is 16.6. The van der Waals surface area contributed by atoms with Crippen molar-refractivity contribution in [3.63, 3.8) is 0 Å². The van der Waals surface area contributed by atoms with Gasteiger partial charge in [-0.05, 0) is 147 Å². The number of aryl methyl sites for hydroxylation is 3. The van der Waals surface area contributed by atoms with Gasteiger partial charge in [0.05, 0.1) is 0 Å². The molecule has 9 aromatic rings. The van der Waals surface area contributed by atoms with Gasteiger partial charge in [0, 0.05) is 45.5 Å². The highest BCUT2D eigenvalue weighted by Gasteiger charge is 2.47. The van der Waals surface area contributed by atoms with E-state index in [4.69, 9.17) is 9.47 Å². The maximum absolute atomic E-state index is 6.78. The molecule has 5 heteroatoms. The van der Waals surface area contributed by atoms with Gasteiger partial charge in [-0.1, -0.05) is 136 Å². The minimum Gasteiger partial charge on any atom is -0.450 e. The first kappa shape index (κ1) is 38.2. The molecule has 0 spiro atoms. The molecule has 3 aliphatic rings. The lowest BCUT2D eigenvalue weighted by Gasteiger charge is -2.47. The van der Waals surface area contributed by atoms with Gasteiger partial charge in [0.1, 0.15) is 0 Å². The molecule has 64 heavy (non-hydrogen) atoms. The summed E-state index contributed by atoms with van der Waals surface area (Å²) < 4.78 is 13.5. The second-order valence-corrected chi connectivity index (χ2v) is 18.7. The molecule has 0 amide bonds. The molecule has 308 valence electrons. The number of para-hydroxylation sites is 2. The standard InChI is InChI=1S/C59H47BN2O2/c1-36-15-14-16-37(2)56(36)42-32-47-46-29-23-40-19-10-11-20-45(40)58(46)62(44-27-25-43(26-28-44)59(4,5)6)60-48-34-54-55(64-53-22-13-12-21-52(53)63-54)35-50(48)61(51(33-42)57(47)60)49-30-24-41(31-38(49)3)39-17-8-7-9-18-39/h7-35H,1-6H3. The molecule has 3 aliphatic heterocycles. The van der Waals surface area contributed by atoms with Crippen molar-refractivity contribution in [3.05, 3.63) is 198 Å². The Labute approximate surface area is 376 Å². The van der Waals surface area contributed by atoms with Crippen LogP contribution in [0, 0.1) is 20.8 Å².